The Hall–Kier alpha value is -3.02. The van der Waals surface area contributed by atoms with E-state index in [1.54, 1.807) is 0 Å². The van der Waals surface area contributed by atoms with E-state index in [0.29, 0.717) is 6.61 Å². The highest BCUT2D eigenvalue weighted by molar-refractivity contribution is 5.94. The maximum atomic E-state index is 12.1. The molecule has 0 radical (unpaired) electrons. The van der Waals surface area contributed by atoms with E-state index < -0.39 is 0 Å². The van der Waals surface area contributed by atoms with Gasteiger partial charge >= 0.3 is 0 Å². The minimum absolute atomic E-state index is 0.0277. The Morgan fingerprint density at radius 2 is 2.12 bits per heavy atom. The highest BCUT2D eigenvalue weighted by Gasteiger charge is 2.21. The van der Waals surface area contributed by atoms with Crippen LogP contribution in [-0.4, -0.2) is 25.0 Å². The summed E-state index contributed by atoms with van der Waals surface area (Å²) in [7, 11) is 0. The average molecular weight is 352 g/mol. The standard InChI is InChI=1S/C20H24N4O2/c1-2-14-6-5-7-15(12-14)23-19(25)13-22-20(21)24-17-10-11-26-18-9-4-3-8-16(17)18/h3-9,12,17H,2,10-11,13H2,1H3,(H,23,25)(H3,21,22,24). The zero-order chi connectivity index (χ0) is 18.4. The Balaban J connectivity index is 1.56. The number of benzene rings is 2. The molecule has 0 fully saturated rings. The van der Waals surface area contributed by atoms with Gasteiger partial charge in [0.15, 0.2) is 5.96 Å². The highest BCUT2D eigenvalue weighted by atomic mass is 16.5. The minimum atomic E-state index is -0.199. The number of aliphatic imine (C=N–C) groups is 1. The molecule has 26 heavy (non-hydrogen) atoms. The third kappa shape index (κ3) is 4.53. The van der Waals surface area contributed by atoms with Crippen LogP contribution in [0.1, 0.15) is 30.5 Å². The van der Waals surface area contributed by atoms with Crippen molar-refractivity contribution in [1.82, 2.24) is 5.32 Å². The number of nitrogens with zero attached hydrogens (tertiary/aromatic N) is 1. The quantitative estimate of drug-likeness (QED) is 0.570. The molecule has 0 saturated heterocycles. The Labute approximate surface area is 153 Å². The molecule has 0 aromatic heterocycles. The van der Waals surface area contributed by atoms with E-state index in [0.717, 1.165) is 29.8 Å². The zero-order valence-corrected chi connectivity index (χ0v) is 14.9. The average Bonchev–Trinajstić information content (AvgIpc) is 2.67. The fraction of sp³-hybridized carbons (Fsp3) is 0.300. The lowest BCUT2D eigenvalue weighted by Crippen LogP contribution is -2.38. The zero-order valence-electron chi connectivity index (χ0n) is 14.9. The Bertz CT molecular complexity index is 804. The first-order valence-electron chi connectivity index (χ1n) is 8.82. The van der Waals surface area contributed by atoms with Gasteiger partial charge in [0.2, 0.25) is 5.91 Å². The van der Waals surface area contributed by atoms with Gasteiger partial charge in [0.05, 0.1) is 12.6 Å². The lowest BCUT2D eigenvalue weighted by Gasteiger charge is -2.26. The molecule has 2 aromatic rings. The van der Waals surface area contributed by atoms with Crippen LogP contribution in [0.15, 0.2) is 53.5 Å². The number of carbonyl (C=O) groups excluding carboxylic acids is 1. The van der Waals surface area contributed by atoms with Crippen LogP contribution < -0.4 is 21.1 Å². The monoisotopic (exact) mass is 352 g/mol. The molecule has 0 aliphatic carbocycles. The third-order valence-corrected chi connectivity index (χ3v) is 4.29. The maximum absolute atomic E-state index is 12.1. The molecule has 1 aliphatic rings. The molecule has 6 heteroatoms. The van der Waals surface area contributed by atoms with E-state index in [9.17, 15) is 4.79 Å². The van der Waals surface area contributed by atoms with Gasteiger partial charge in [0.25, 0.3) is 0 Å². The number of aryl methyl sites for hydroxylation is 1. The number of hydrogen-bond donors (Lipinski definition) is 3. The van der Waals surface area contributed by atoms with Crippen molar-refractivity contribution in [3.05, 3.63) is 59.7 Å². The number of hydrogen-bond acceptors (Lipinski definition) is 3. The van der Waals surface area contributed by atoms with Crippen molar-refractivity contribution in [3.8, 4) is 5.75 Å². The summed E-state index contributed by atoms with van der Waals surface area (Å²) in [4.78, 5) is 16.2. The molecule has 0 spiro atoms. The number of carbonyl (C=O) groups is 1. The Morgan fingerprint density at radius 1 is 1.27 bits per heavy atom. The summed E-state index contributed by atoms with van der Waals surface area (Å²) >= 11 is 0. The smallest absolute Gasteiger partial charge is 0.246 e. The number of guanidine groups is 1. The molecular formula is C20H24N4O2. The number of anilines is 1. The van der Waals surface area contributed by atoms with Gasteiger partial charge in [-0.15, -0.1) is 0 Å². The van der Waals surface area contributed by atoms with Gasteiger partial charge in [-0.3, -0.25) is 4.79 Å². The molecule has 1 atom stereocenters. The maximum Gasteiger partial charge on any atom is 0.246 e. The van der Waals surface area contributed by atoms with E-state index >= 15 is 0 Å². The summed E-state index contributed by atoms with van der Waals surface area (Å²) < 4.78 is 5.63. The number of ether oxygens (including phenoxy) is 1. The molecule has 1 aliphatic heterocycles. The van der Waals surface area contributed by atoms with Gasteiger partial charge in [-0.05, 0) is 30.2 Å². The predicted molar refractivity (Wildman–Crippen MR) is 103 cm³/mol. The second kappa shape index (κ2) is 8.38. The summed E-state index contributed by atoms with van der Waals surface area (Å²) in [6.45, 7) is 2.67. The van der Waals surface area contributed by atoms with Gasteiger partial charge in [0, 0.05) is 17.7 Å². The fourth-order valence-electron chi connectivity index (χ4n) is 2.94. The van der Waals surface area contributed by atoms with Crippen LogP contribution in [0.3, 0.4) is 0 Å². The van der Waals surface area contributed by atoms with Gasteiger partial charge in [-0.1, -0.05) is 37.3 Å². The van der Waals surface area contributed by atoms with Crippen LogP contribution in [0.5, 0.6) is 5.75 Å². The Morgan fingerprint density at radius 3 is 2.96 bits per heavy atom. The lowest BCUT2D eigenvalue weighted by atomic mass is 10.0. The molecule has 6 nitrogen and oxygen atoms in total. The van der Waals surface area contributed by atoms with Crippen LogP contribution in [0.25, 0.3) is 0 Å². The SMILES string of the molecule is CCc1cccc(NC(=O)CN=C(N)NC2CCOc3ccccc32)c1. The topological polar surface area (TPSA) is 88.7 Å². The first kappa shape index (κ1) is 17.8. The third-order valence-electron chi connectivity index (χ3n) is 4.29. The summed E-state index contributed by atoms with van der Waals surface area (Å²) in [5, 5.41) is 6.02. The second-order valence-electron chi connectivity index (χ2n) is 6.18. The number of amides is 1. The number of nitrogens with one attached hydrogen (secondary N) is 2. The molecule has 4 N–H and O–H groups in total. The van der Waals surface area contributed by atoms with E-state index in [-0.39, 0.29) is 24.5 Å². The second-order valence-corrected chi connectivity index (χ2v) is 6.18. The van der Waals surface area contributed by atoms with Crippen LogP contribution in [0.4, 0.5) is 5.69 Å². The molecule has 1 amide bonds. The van der Waals surface area contributed by atoms with Gasteiger partial charge in [0.1, 0.15) is 12.3 Å². The lowest BCUT2D eigenvalue weighted by molar-refractivity contribution is -0.114. The number of rotatable bonds is 5. The molecule has 1 unspecified atom stereocenters. The van der Waals surface area contributed by atoms with E-state index in [2.05, 4.69) is 22.5 Å². The first-order chi connectivity index (χ1) is 12.7. The van der Waals surface area contributed by atoms with E-state index in [1.807, 2.05) is 48.5 Å². The molecule has 0 saturated carbocycles. The van der Waals surface area contributed by atoms with Crippen molar-refractivity contribution in [2.24, 2.45) is 10.7 Å². The molecule has 136 valence electrons. The summed E-state index contributed by atoms with van der Waals surface area (Å²) in [6, 6.07) is 15.7. The van der Waals surface area contributed by atoms with Crippen molar-refractivity contribution in [3.63, 3.8) is 0 Å². The van der Waals surface area contributed by atoms with Crippen molar-refractivity contribution >= 4 is 17.6 Å². The number of nitrogens with two attached hydrogens (primary N) is 1. The van der Waals surface area contributed by atoms with Crippen molar-refractivity contribution in [2.75, 3.05) is 18.5 Å². The predicted octanol–water partition coefficient (Wildman–Crippen LogP) is 2.62. The summed E-state index contributed by atoms with van der Waals surface area (Å²) in [6.07, 6.45) is 1.72. The minimum Gasteiger partial charge on any atom is -0.493 e. The molecular weight excluding hydrogens is 328 g/mol. The van der Waals surface area contributed by atoms with Gasteiger partial charge in [-0.25, -0.2) is 4.99 Å². The van der Waals surface area contributed by atoms with Crippen LogP contribution >= 0.6 is 0 Å². The molecule has 3 rings (SSSR count). The van der Waals surface area contributed by atoms with Crippen LogP contribution in [0.2, 0.25) is 0 Å². The fourth-order valence-corrected chi connectivity index (χ4v) is 2.94. The largest absolute Gasteiger partial charge is 0.493 e. The van der Waals surface area contributed by atoms with Crippen molar-refractivity contribution < 1.29 is 9.53 Å². The first-order valence-corrected chi connectivity index (χ1v) is 8.82. The van der Waals surface area contributed by atoms with Gasteiger partial charge < -0.3 is 21.1 Å². The highest BCUT2D eigenvalue weighted by Crippen LogP contribution is 2.31. The van der Waals surface area contributed by atoms with E-state index in [1.165, 1.54) is 5.56 Å². The van der Waals surface area contributed by atoms with E-state index in [4.69, 9.17) is 10.5 Å². The van der Waals surface area contributed by atoms with Gasteiger partial charge in [-0.2, -0.15) is 0 Å². The van der Waals surface area contributed by atoms with Crippen molar-refractivity contribution in [1.29, 1.82) is 0 Å². The summed E-state index contributed by atoms with van der Waals surface area (Å²) in [5.41, 5.74) is 8.97. The van der Waals surface area contributed by atoms with Crippen LogP contribution in [0, 0.1) is 0 Å². The molecule has 1 heterocycles. The number of para-hydroxylation sites is 1. The van der Waals surface area contributed by atoms with Crippen molar-refractivity contribution in [2.45, 2.75) is 25.8 Å². The summed E-state index contributed by atoms with van der Waals surface area (Å²) in [5.74, 6) is 0.914. The molecule has 0 bridgehead atoms. The normalized spacial score (nSPS) is 16.3. The number of fused-ring (bicyclic) bond motifs is 1. The Kier molecular flexibility index (Phi) is 5.73. The molecule has 2 aromatic carbocycles. The van der Waals surface area contributed by atoms with Crippen LogP contribution in [-0.2, 0) is 11.2 Å².